The van der Waals surface area contributed by atoms with Crippen LogP contribution in [0.25, 0.3) is 32.3 Å². The third kappa shape index (κ3) is 2.20. The molecule has 0 radical (unpaired) electrons. The predicted molar refractivity (Wildman–Crippen MR) is 108 cm³/mol. The van der Waals surface area contributed by atoms with Crippen LogP contribution in [-0.2, 0) is 0 Å². The molecule has 0 N–H and O–H groups in total. The van der Waals surface area contributed by atoms with Crippen LogP contribution in [0.5, 0.6) is 0 Å². The van der Waals surface area contributed by atoms with Crippen molar-refractivity contribution in [2.45, 2.75) is 52.9 Å². The first-order valence-electron chi connectivity index (χ1n) is 9.32. The van der Waals surface area contributed by atoms with Crippen LogP contribution >= 0.6 is 0 Å². The molecule has 0 nitrogen and oxygen atoms in total. The van der Waals surface area contributed by atoms with Gasteiger partial charge in [0.25, 0.3) is 0 Å². The zero-order valence-electron chi connectivity index (χ0n) is 15.2. The van der Waals surface area contributed by atoms with Crippen molar-refractivity contribution < 1.29 is 0 Å². The number of rotatable bonds is 4. The highest BCUT2D eigenvalue weighted by Crippen LogP contribution is 2.39. The van der Waals surface area contributed by atoms with E-state index in [4.69, 9.17) is 0 Å². The van der Waals surface area contributed by atoms with Crippen LogP contribution in [0.4, 0.5) is 0 Å². The van der Waals surface area contributed by atoms with E-state index in [1.807, 2.05) is 0 Å². The fourth-order valence-corrected chi connectivity index (χ4v) is 4.52. The summed E-state index contributed by atoms with van der Waals surface area (Å²) < 4.78 is 0. The van der Waals surface area contributed by atoms with Crippen molar-refractivity contribution in [1.82, 2.24) is 0 Å². The molecule has 0 fully saturated rings. The van der Waals surface area contributed by atoms with Crippen molar-refractivity contribution in [2.75, 3.05) is 0 Å². The van der Waals surface area contributed by atoms with Gasteiger partial charge in [-0.1, -0.05) is 62.7 Å². The van der Waals surface area contributed by atoms with Gasteiger partial charge in [-0.05, 0) is 81.6 Å². The van der Waals surface area contributed by atoms with E-state index in [-0.39, 0.29) is 0 Å². The third-order valence-electron chi connectivity index (χ3n) is 5.75. The summed E-state index contributed by atoms with van der Waals surface area (Å²) in [6, 6.07) is 16.5. The Morgan fingerprint density at radius 2 is 1.33 bits per heavy atom. The van der Waals surface area contributed by atoms with E-state index in [9.17, 15) is 0 Å². The molecule has 0 aliphatic rings. The molecule has 0 aliphatic heterocycles. The first kappa shape index (κ1) is 15.4. The standard InChI is InChI=1S/C24H26/c1-5-7-17(6-2)20-13-18-8-10-21-15(3)12-16(4)22-11-9-19(14-20)23(18)24(21)22/h8-14,17H,5-7H2,1-4H3. The SMILES string of the molecule is CCCC(CC)c1cc2ccc3c(C)cc(C)c4ccc(c1)c2c34. The summed E-state index contributed by atoms with van der Waals surface area (Å²) in [5, 5.41) is 8.52. The van der Waals surface area contributed by atoms with Crippen molar-refractivity contribution in [2.24, 2.45) is 0 Å². The lowest BCUT2D eigenvalue weighted by molar-refractivity contribution is 0.597. The lowest BCUT2D eigenvalue weighted by Crippen LogP contribution is -1.98. The molecular formula is C24H26. The van der Waals surface area contributed by atoms with Gasteiger partial charge in [0, 0.05) is 0 Å². The number of hydrogen-bond acceptors (Lipinski definition) is 0. The maximum atomic E-state index is 2.45. The van der Waals surface area contributed by atoms with E-state index in [1.165, 1.54) is 68.3 Å². The van der Waals surface area contributed by atoms with Crippen molar-refractivity contribution in [3.05, 3.63) is 59.2 Å². The molecule has 4 aromatic rings. The molecule has 4 rings (SSSR count). The molecule has 0 saturated heterocycles. The van der Waals surface area contributed by atoms with Crippen LogP contribution in [0.15, 0.2) is 42.5 Å². The molecular weight excluding hydrogens is 288 g/mol. The van der Waals surface area contributed by atoms with Gasteiger partial charge >= 0.3 is 0 Å². The predicted octanol–water partition coefficient (Wildman–Crippen LogP) is 7.49. The van der Waals surface area contributed by atoms with Crippen LogP contribution in [0.3, 0.4) is 0 Å². The Hall–Kier alpha value is -2.08. The van der Waals surface area contributed by atoms with Gasteiger partial charge in [-0.25, -0.2) is 0 Å². The molecule has 122 valence electrons. The summed E-state index contributed by atoms with van der Waals surface area (Å²) in [7, 11) is 0. The minimum atomic E-state index is 0.681. The van der Waals surface area contributed by atoms with Crippen molar-refractivity contribution >= 4 is 32.3 Å². The molecule has 1 atom stereocenters. The first-order chi connectivity index (χ1) is 11.6. The lowest BCUT2D eigenvalue weighted by atomic mass is 9.85. The summed E-state index contributed by atoms with van der Waals surface area (Å²) in [6.07, 6.45) is 3.75. The average molecular weight is 314 g/mol. The molecule has 0 bridgehead atoms. The minimum absolute atomic E-state index is 0.681. The number of benzene rings is 4. The normalized spacial score (nSPS) is 13.3. The monoisotopic (exact) mass is 314 g/mol. The lowest BCUT2D eigenvalue weighted by Gasteiger charge is -2.19. The van der Waals surface area contributed by atoms with Crippen LogP contribution in [-0.4, -0.2) is 0 Å². The minimum Gasteiger partial charge on any atom is -0.0654 e. The van der Waals surface area contributed by atoms with Crippen molar-refractivity contribution in [3.8, 4) is 0 Å². The molecule has 24 heavy (non-hydrogen) atoms. The Kier molecular flexibility index (Phi) is 3.72. The topological polar surface area (TPSA) is 0 Å². The Bertz CT molecular complexity index is 953. The zero-order valence-corrected chi connectivity index (χ0v) is 15.2. The van der Waals surface area contributed by atoms with Gasteiger partial charge in [0.2, 0.25) is 0 Å². The van der Waals surface area contributed by atoms with Crippen LogP contribution < -0.4 is 0 Å². The van der Waals surface area contributed by atoms with Gasteiger partial charge in [-0.3, -0.25) is 0 Å². The summed E-state index contributed by atoms with van der Waals surface area (Å²) in [5.74, 6) is 0.681. The maximum Gasteiger partial charge on any atom is -0.00215 e. The second-order valence-corrected chi connectivity index (χ2v) is 7.35. The highest BCUT2D eigenvalue weighted by Gasteiger charge is 2.15. The van der Waals surface area contributed by atoms with Gasteiger partial charge in [-0.2, -0.15) is 0 Å². The largest absolute Gasteiger partial charge is 0.0654 e. The molecule has 0 heteroatoms. The van der Waals surface area contributed by atoms with Gasteiger partial charge in [-0.15, -0.1) is 0 Å². The van der Waals surface area contributed by atoms with E-state index < -0.39 is 0 Å². The molecule has 0 aromatic heterocycles. The van der Waals surface area contributed by atoms with Crippen LogP contribution in [0.2, 0.25) is 0 Å². The maximum absolute atomic E-state index is 2.45. The fraction of sp³-hybridized carbons (Fsp3) is 0.333. The van der Waals surface area contributed by atoms with E-state index in [2.05, 4.69) is 70.2 Å². The van der Waals surface area contributed by atoms with Crippen molar-refractivity contribution in [1.29, 1.82) is 0 Å². The molecule has 4 aromatic carbocycles. The highest BCUT2D eigenvalue weighted by molar-refractivity contribution is 6.24. The molecule has 0 saturated carbocycles. The molecule has 1 unspecified atom stereocenters. The van der Waals surface area contributed by atoms with Gasteiger partial charge in [0.15, 0.2) is 0 Å². The van der Waals surface area contributed by atoms with E-state index in [0.717, 1.165) is 0 Å². The molecule has 0 heterocycles. The quantitative estimate of drug-likeness (QED) is 0.342. The smallest absolute Gasteiger partial charge is 0.00215 e. The fourth-order valence-electron chi connectivity index (χ4n) is 4.52. The van der Waals surface area contributed by atoms with Gasteiger partial charge in [0.1, 0.15) is 0 Å². The van der Waals surface area contributed by atoms with Crippen LogP contribution in [0, 0.1) is 13.8 Å². The average Bonchev–Trinajstić information content (AvgIpc) is 2.59. The molecule has 0 aliphatic carbocycles. The Morgan fingerprint density at radius 3 is 1.83 bits per heavy atom. The Balaban J connectivity index is 2.09. The Labute approximate surface area is 144 Å². The van der Waals surface area contributed by atoms with E-state index in [1.54, 1.807) is 0 Å². The third-order valence-corrected chi connectivity index (χ3v) is 5.75. The second kappa shape index (κ2) is 5.77. The summed E-state index contributed by atoms with van der Waals surface area (Å²) >= 11 is 0. The number of aryl methyl sites for hydroxylation is 2. The highest BCUT2D eigenvalue weighted by atomic mass is 14.2. The zero-order chi connectivity index (χ0) is 16.8. The Morgan fingerprint density at radius 1 is 0.750 bits per heavy atom. The summed E-state index contributed by atoms with van der Waals surface area (Å²) in [4.78, 5) is 0. The molecule has 0 amide bonds. The van der Waals surface area contributed by atoms with Gasteiger partial charge in [0.05, 0.1) is 0 Å². The summed E-state index contributed by atoms with van der Waals surface area (Å²) in [5.41, 5.74) is 4.28. The molecule has 0 spiro atoms. The summed E-state index contributed by atoms with van der Waals surface area (Å²) in [6.45, 7) is 9.08. The van der Waals surface area contributed by atoms with E-state index >= 15 is 0 Å². The number of hydrogen-bond donors (Lipinski definition) is 0. The van der Waals surface area contributed by atoms with Gasteiger partial charge < -0.3 is 0 Å². The second-order valence-electron chi connectivity index (χ2n) is 7.35. The van der Waals surface area contributed by atoms with E-state index in [0.29, 0.717) is 5.92 Å². The van der Waals surface area contributed by atoms with Crippen LogP contribution in [0.1, 0.15) is 55.7 Å². The van der Waals surface area contributed by atoms with Crippen molar-refractivity contribution in [3.63, 3.8) is 0 Å². The first-order valence-corrected chi connectivity index (χ1v) is 9.32.